The lowest BCUT2D eigenvalue weighted by Gasteiger charge is -2.45. The molecule has 31 heavy (non-hydrogen) atoms. The Balaban J connectivity index is 1.94. The van der Waals surface area contributed by atoms with Gasteiger partial charge in [0.25, 0.3) is 0 Å². The minimum atomic E-state index is -1.23. The number of carbonyl (C=O) groups excluding carboxylic acids is 1. The first-order chi connectivity index (χ1) is 14.8. The van der Waals surface area contributed by atoms with Crippen molar-refractivity contribution in [3.63, 3.8) is 0 Å². The molecule has 164 valence electrons. The molecule has 2 atom stereocenters. The van der Waals surface area contributed by atoms with Crippen LogP contribution in [0.25, 0.3) is 0 Å². The van der Waals surface area contributed by atoms with Crippen molar-refractivity contribution in [1.29, 1.82) is 0 Å². The van der Waals surface area contributed by atoms with Crippen LogP contribution < -0.4 is 10.5 Å². The van der Waals surface area contributed by atoms with Gasteiger partial charge in [-0.05, 0) is 49.4 Å². The van der Waals surface area contributed by atoms with Crippen molar-refractivity contribution in [2.45, 2.75) is 11.3 Å². The maximum Gasteiger partial charge on any atom is 0.341 e. The molecule has 0 aliphatic carbocycles. The second-order valence-corrected chi connectivity index (χ2v) is 8.76. The molecule has 10 heteroatoms. The third kappa shape index (κ3) is 3.53. The number of hydrogen-bond donors (Lipinski definition) is 1. The summed E-state index contributed by atoms with van der Waals surface area (Å²) < 4.78 is 48.6. The molecule has 0 bridgehead atoms. The zero-order chi connectivity index (χ0) is 22.3. The Morgan fingerprint density at radius 1 is 1.26 bits per heavy atom. The molecule has 6 nitrogen and oxygen atoms in total. The molecule has 2 aromatic rings. The van der Waals surface area contributed by atoms with Gasteiger partial charge < -0.3 is 15.4 Å². The molecule has 2 aromatic carbocycles. The number of halogens is 3. The average Bonchev–Trinajstić information content (AvgIpc) is 3.12. The lowest BCUT2D eigenvalue weighted by atomic mass is 9.86. The van der Waals surface area contributed by atoms with E-state index in [0.29, 0.717) is 17.7 Å². The summed E-state index contributed by atoms with van der Waals surface area (Å²) in [5.41, 5.74) is 6.15. The molecule has 2 aliphatic rings. The van der Waals surface area contributed by atoms with E-state index < -0.39 is 28.4 Å². The molecular formula is C21H21F3N4O2S. The molecule has 2 heterocycles. The van der Waals surface area contributed by atoms with Crippen molar-refractivity contribution in [3.05, 3.63) is 65.0 Å². The Kier molecular flexibility index (Phi) is 5.61. The number of benzene rings is 2. The van der Waals surface area contributed by atoms with E-state index >= 15 is 0 Å². The van der Waals surface area contributed by atoms with E-state index in [1.165, 1.54) is 28.1 Å². The summed E-state index contributed by atoms with van der Waals surface area (Å²) in [6.45, 7) is 0.489. The fraction of sp³-hybridized carbons (Fsp3) is 0.333. The number of thioether (sulfide) groups is 1. The number of ether oxygens (including phenoxy) is 1. The Morgan fingerprint density at radius 2 is 1.97 bits per heavy atom. The Hall–Kier alpha value is -2.72. The molecule has 1 spiro atoms. The zero-order valence-corrected chi connectivity index (χ0v) is 17.8. The molecule has 2 aliphatic heterocycles. The normalized spacial score (nSPS) is 22.2. The van der Waals surface area contributed by atoms with Gasteiger partial charge in [0.1, 0.15) is 28.2 Å². The molecular weight excluding hydrogens is 429 g/mol. The third-order valence-corrected chi connectivity index (χ3v) is 6.85. The molecule has 4 rings (SSSR count). The SMILES string of the molecule is CN(C)C(=O)N1N=C(c2cc(F)ccc2F)S[C@@]12c1cc(F)ccc1OC[C@H]2CCN. The number of hydrazone groups is 1. The summed E-state index contributed by atoms with van der Waals surface area (Å²) in [6, 6.07) is 6.61. The van der Waals surface area contributed by atoms with Crippen LogP contribution in [0.15, 0.2) is 41.5 Å². The van der Waals surface area contributed by atoms with Crippen molar-refractivity contribution < 1.29 is 22.7 Å². The fourth-order valence-corrected chi connectivity index (χ4v) is 5.37. The topological polar surface area (TPSA) is 71.2 Å². The summed E-state index contributed by atoms with van der Waals surface area (Å²) in [5, 5.41) is 5.75. The predicted octanol–water partition coefficient (Wildman–Crippen LogP) is 3.71. The zero-order valence-electron chi connectivity index (χ0n) is 16.9. The maximum absolute atomic E-state index is 14.6. The van der Waals surface area contributed by atoms with E-state index in [0.717, 1.165) is 30.0 Å². The van der Waals surface area contributed by atoms with E-state index in [1.54, 1.807) is 14.1 Å². The predicted molar refractivity (Wildman–Crippen MR) is 112 cm³/mol. The number of rotatable bonds is 3. The van der Waals surface area contributed by atoms with E-state index in [4.69, 9.17) is 10.5 Å². The highest BCUT2D eigenvalue weighted by Gasteiger charge is 2.57. The van der Waals surface area contributed by atoms with Crippen molar-refractivity contribution in [2.24, 2.45) is 16.8 Å². The highest BCUT2D eigenvalue weighted by atomic mass is 32.2. The van der Waals surface area contributed by atoms with Crippen LogP contribution in [0.4, 0.5) is 18.0 Å². The van der Waals surface area contributed by atoms with Gasteiger partial charge >= 0.3 is 6.03 Å². The third-order valence-electron chi connectivity index (χ3n) is 5.32. The van der Waals surface area contributed by atoms with Crippen molar-refractivity contribution in [1.82, 2.24) is 9.91 Å². The largest absolute Gasteiger partial charge is 0.493 e. The Labute approximate surface area is 181 Å². The van der Waals surface area contributed by atoms with Gasteiger partial charge in [0.15, 0.2) is 4.87 Å². The summed E-state index contributed by atoms with van der Waals surface area (Å²) in [5.74, 6) is -1.81. The molecule has 0 radical (unpaired) electrons. The molecule has 0 unspecified atom stereocenters. The second kappa shape index (κ2) is 8.08. The van der Waals surface area contributed by atoms with Gasteiger partial charge in [-0.1, -0.05) is 11.8 Å². The van der Waals surface area contributed by atoms with Crippen LogP contribution in [0, 0.1) is 23.4 Å². The fourth-order valence-electron chi connectivity index (χ4n) is 3.86. The van der Waals surface area contributed by atoms with Crippen LogP contribution in [0.3, 0.4) is 0 Å². The van der Waals surface area contributed by atoms with Crippen LogP contribution >= 0.6 is 11.8 Å². The molecule has 0 saturated carbocycles. The van der Waals surface area contributed by atoms with Gasteiger partial charge in [-0.2, -0.15) is 10.1 Å². The number of nitrogens with zero attached hydrogens (tertiary/aromatic N) is 3. The number of urea groups is 1. The minimum absolute atomic E-state index is 0.0747. The van der Waals surface area contributed by atoms with Crippen molar-refractivity contribution >= 4 is 22.8 Å². The van der Waals surface area contributed by atoms with Gasteiger partial charge in [0.05, 0.1) is 6.61 Å². The number of hydrogen-bond acceptors (Lipinski definition) is 5. The van der Waals surface area contributed by atoms with Crippen LogP contribution in [0.5, 0.6) is 5.75 Å². The van der Waals surface area contributed by atoms with Gasteiger partial charge in [-0.15, -0.1) is 0 Å². The number of amides is 2. The van der Waals surface area contributed by atoms with Gasteiger partial charge in [0, 0.05) is 31.1 Å². The quantitative estimate of drug-likeness (QED) is 0.774. The number of nitrogens with two attached hydrogens (primary N) is 1. The lowest BCUT2D eigenvalue weighted by Crippen LogP contribution is -2.53. The van der Waals surface area contributed by atoms with Crippen LogP contribution in [-0.4, -0.2) is 48.2 Å². The summed E-state index contributed by atoms with van der Waals surface area (Å²) >= 11 is 1.08. The second-order valence-electron chi connectivity index (χ2n) is 7.54. The minimum Gasteiger partial charge on any atom is -0.493 e. The monoisotopic (exact) mass is 450 g/mol. The Bertz CT molecular complexity index is 1060. The van der Waals surface area contributed by atoms with Crippen LogP contribution in [0.2, 0.25) is 0 Å². The maximum atomic E-state index is 14.6. The van der Waals surface area contributed by atoms with Gasteiger partial charge in [-0.3, -0.25) is 0 Å². The van der Waals surface area contributed by atoms with Gasteiger partial charge in [0.2, 0.25) is 0 Å². The first-order valence-corrected chi connectivity index (χ1v) is 10.5. The van der Waals surface area contributed by atoms with Crippen molar-refractivity contribution in [2.75, 3.05) is 27.2 Å². The molecule has 2 N–H and O–H groups in total. The van der Waals surface area contributed by atoms with Crippen LogP contribution in [-0.2, 0) is 4.87 Å². The molecule has 0 saturated heterocycles. The van der Waals surface area contributed by atoms with E-state index in [9.17, 15) is 18.0 Å². The van der Waals surface area contributed by atoms with Crippen LogP contribution in [0.1, 0.15) is 17.5 Å². The van der Waals surface area contributed by atoms with E-state index in [-0.39, 0.29) is 29.7 Å². The summed E-state index contributed by atoms with van der Waals surface area (Å²) in [7, 11) is 3.11. The average molecular weight is 450 g/mol. The summed E-state index contributed by atoms with van der Waals surface area (Å²) in [6.07, 6.45) is 0.439. The van der Waals surface area contributed by atoms with Crippen molar-refractivity contribution in [3.8, 4) is 5.75 Å². The smallest absolute Gasteiger partial charge is 0.341 e. The highest BCUT2D eigenvalue weighted by Crippen LogP contribution is 2.57. The lowest BCUT2D eigenvalue weighted by molar-refractivity contribution is 0.0673. The van der Waals surface area contributed by atoms with Gasteiger partial charge in [-0.25, -0.2) is 18.0 Å². The molecule has 0 fully saturated rings. The van der Waals surface area contributed by atoms with E-state index in [1.807, 2.05) is 0 Å². The number of fused-ring (bicyclic) bond motifs is 2. The standard InChI is InChI=1S/C21H21F3N4O2S/c1-27(2)20(29)28-21(31-19(26-28)15-9-13(22)3-5-17(15)24)12(7-8-25)11-30-18-6-4-14(23)10-16(18)21/h3-6,9-10,12H,7-8,11,25H2,1-2H3/t12-,21+/m1/s1. The molecule has 0 aromatic heterocycles. The first kappa shape index (κ1) is 21.5. The Morgan fingerprint density at radius 3 is 2.68 bits per heavy atom. The highest BCUT2D eigenvalue weighted by molar-refractivity contribution is 8.15. The first-order valence-electron chi connectivity index (χ1n) is 9.65. The number of carbonyl (C=O) groups is 1. The molecule has 2 amide bonds. The summed E-state index contributed by atoms with van der Waals surface area (Å²) in [4.78, 5) is 13.3. The van der Waals surface area contributed by atoms with E-state index in [2.05, 4.69) is 5.10 Å².